The molecule has 1 saturated carbocycles. The molecule has 0 aromatic heterocycles. The zero-order valence-electron chi connectivity index (χ0n) is 20.2. The molecule has 6 heteroatoms. The van der Waals surface area contributed by atoms with E-state index in [1.165, 1.54) is 24.8 Å². The zero-order chi connectivity index (χ0) is 24.3. The molecule has 180 valence electrons. The maximum Gasteiger partial charge on any atom is 0.276 e. The van der Waals surface area contributed by atoms with E-state index < -0.39 is 0 Å². The molecule has 0 bridgehead atoms. The van der Waals surface area contributed by atoms with Crippen molar-refractivity contribution in [3.05, 3.63) is 75.8 Å². The lowest BCUT2D eigenvalue weighted by Crippen LogP contribution is -2.87. The van der Waals surface area contributed by atoms with Gasteiger partial charge in [-0.25, -0.2) is 5.32 Å². The first-order valence-electron chi connectivity index (χ1n) is 12.1. The van der Waals surface area contributed by atoms with Crippen molar-refractivity contribution in [3.63, 3.8) is 0 Å². The molecule has 2 aliphatic rings. The van der Waals surface area contributed by atoms with Gasteiger partial charge in [-0.1, -0.05) is 106 Å². The number of thiocarbonyl (C=S) groups is 1. The van der Waals surface area contributed by atoms with Crippen molar-refractivity contribution in [3.8, 4) is 0 Å². The van der Waals surface area contributed by atoms with Crippen molar-refractivity contribution in [1.29, 1.82) is 0 Å². The summed E-state index contributed by atoms with van der Waals surface area (Å²) in [6.07, 6.45) is 10.2. The minimum absolute atomic E-state index is 0.0194. The van der Waals surface area contributed by atoms with E-state index in [9.17, 15) is 0 Å². The van der Waals surface area contributed by atoms with Gasteiger partial charge in [0.15, 0.2) is 0 Å². The minimum Gasteiger partial charge on any atom is -0.308 e. The fraction of sp³-hybridized carbons (Fsp3) is 0.429. The third-order valence-corrected chi connectivity index (χ3v) is 7.87. The molecule has 2 fully saturated rings. The van der Waals surface area contributed by atoms with E-state index in [-0.39, 0.29) is 17.0 Å². The fourth-order valence-corrected chi connectivity index (χ4v) is 5.79. The van der Waals surface area contributed by atoms with Gasteiger partial charge in [0.2, 0.25) is 0 Å². The number of benzene rings is 2. The summed E-state index contributed by atoms with van der Waals surface area (Å²) in [5.41, 5.74) is 2.11. The monoisotopic (exact) mass is 514 g/mol. The summed E-state index contributed by atoms with van der Waals surface area (Å²) < 4.78 is 0. The number of nitrogens with one attached hydrogen (secondary N) is 2. The number of rotatable bonds is 5. The number of hydrogen-bond donors (Lipinski definition) is 2. The van der Waals surface area contributed by atoms with Gasteiger partial charge < -0.3 is 4.90 Å². The summed E-state index contributed by atoms with van der Waals surface area (Å²) in [5.74, 6) is 1.14. The molecular weight excluding hydrogens is 481 g/mol. The lowest BCUT2D eigenvalue weighted by atomic mass is 9.79. The minimum atomic E-state index is -0.111. The Morgan fingerprint density at radius 3 is 2.44 bits per heavy atom. The van der Waals surface area contributed by atoms with E-state index in [1.54, 1.807) is 6.07 Å². The molecule has 1 heterocycles. The summed E-state index contributed by atoms with van der Waals surface area (Å²) in [6, 6.07) is 16.3. The molecule has 1 aliphatic carbocycles. The maximum atomic E-state index is 6.43. The summed E-state index contributed by atoms with van der Waals surface area (Å²) in [6.45, 7) is 7.57. The first kappa shape index (κ1) is 25.2. The first-order chi connectivity index (χ1) is 16.2. The Morgan fingerprint density at radius 1 is 1.09 bits per heavy atom. The highest BCUT2D eigenvalue weighted by molar-refractivity contribution is 7.80. The number of nitrogens with zero attached hydrogens (tertiary/aromatic N) is 1. The number of halogens is 2. The van der Waals surface area contributed by atoms with Crippen LogP contribution in [0.4, 0.5) is 0 Å². The average Bonchev–Trinajstić information content (AvgIpc) is 3.03. The molecule has 0 amide bonds. The van der Waals surface area contributed by atoms with Gasteiger partial charge in [0, 0.05) is 22.0 Å². The molecule has 2 aromatic carbocycles. The van der Waals surface area contributed by atoms with Crippen LogP contribution in [0.1, 0.15) is 64.0 Å². The van der Waals surface area contributed by atoms with Crippen LogP contribution in [0.3, 0.4) is 0 Å². The Labute approximate surface area is 219 Å². The molecule has 1 spiro atoms. The van der Waals surface area contributed by atoms with Crippen LogP contribution < -0.4 is 10.3 Å². The number of amidine groups is 1. The highest BCUT2D eigenvalue weighted by atomic mass is 35.5. The molecule has 4 rings (SSSR count). The third-order valence-electron chi connectivity index (χ3n) is 6.99. The van der Waals surface area contributed by atoms with Crippen LogP contribution >= 0.6 is 35.4 Å². The van der Waals surface area contributed by atoms with Crippen molar-refractivity contribution in [2.24, 2.45) is 5.41 Å². The van der Waals surface area contributed by atoms with E-state index >= 15 is 0 Å². The normalized spacial score (nSPS) is 20.3. The van der Waals surface area contributed by atoms with E-state index in [0.717, 1.165) is 35.9 Å². The van der Waals surface area contributed by atoms with Crippen LogP contribution in [-0.2, 0) is 6.54 Å². The number of hydrogen-bond acceptors (Lipinski definition) is 1. The molecule has 2 aromatic rings. The molecule has 34 heavy (non-hydrogen) atoms. The van der Waals surface area contributed by atoms with E-state index in [2.05, 4.69) is 78.5 Å². The SMILES string of the molecule is CC(C)(C)[C@H](/C=C/c1ccc(Cl)cc1Cl)[NH+]=C1NC(=S)N(Cc2ccccc2)C12CCCCC2. The smallest absolute Gasteiger partial charge is 0.276 e. The predicted octanol–water partition coefficient (Wildman–Crippen LogP) is 5.99. The van der Waals surface area contributed by atoms with Crippen LogP contribution in [-0.4, -0.2) is 27.4 Å². The van der Waals surface area contributed by atoms with Crippen molar-refractivity contribution < 1.29 is 4.99 Å². The van der Waals surface area contributed by atoms with Gasteiger partial charge in [0.1, 0.15) is 11.6 Å². The molecule has 1 atom stereocenters. The van der Waals surface area contributed by atoms with Gasteiger partial charge in [-0.15, -0.1) is 0 Å². The second kappa shape index (κ2) is 10.4. The van der Waals surface area contributed by atoms with Crippen molar-refractivity contribution in [2.45, 2.75) is 71.0 Å². The molecule has 1 saturated heterocycles. The zero-order valence-corrected chi connectivity index (χ0v) is 22.5. The van der Waals surface area contributed by atoms with Gasteiger partial charge in [-0.05, 0) is 54.4 Å². The Bertz CT molecular complexity index is 1080. The predicted molar refractivity (Wildman–Crippen MR) is 148 cm³/mol. The van der Waals surface area contributed by atoms with E-state index in [1.807, 2.05) is 12.1 Å². The highest BCUT2D eigenvalue weighted by Crippen LogP contribution is 2.38. The molecular formula is C28H34Cl2N3S+. The van der Waals surface area contributed by atoms with Crippen LogP contribution in [0.25, 0.3) is 6.08 Å². The van der Waals surface area contributed by atoms with Gasteiger partial charge >= 0.3 is 0 Å². The van der Waals surface area contributed by atoms with Crippen molar-refractivity contribution in [1.82, 2.24) is 10.2 Å². The topological polar surface area (TPSA) is 29.2 Å². The summed E-state index contributed by atoms with van der Waals surface area (Å²) in [7, 11) is 0. The maximum absolute atomic E-state index is 6.43. The Kier molecular flexibility index (Phi) is 7.71. The van der Waals surface area contributed by atoms with Crippen LogP contribution in [0, 0.1) is 5.41 Å². The van der Waals surface area contributed by atoms with E-state index in [0.29, 0.717) is 10.0 Å². The van der Waals surface area contributed by atoms with Crippen LogP contribution in [0.15, 0.2) is 54.6 Å². The lowest BCUT2D eigenvalue weighted by Gasteiger charge is -2.38. The van der Waals surface area contributed by atoms with Gasteiger partial charge in [-0.2, -0.15) is 0 Å². The summed E-state index contributed by atoms with van der Waals surface area (Å²) in [4.78, 5) is 6.30. The first-order valence-corrected chi connectivity index (χ1v) is 13.3. The Morgan fingerprint density at radius 2 is 1.79 bits per heavy atom. The lowest BCUT2D eigenvalue weighted by molar-refractivity contribution is -0.511. The molecule has 1 aliphatic heterocycles. The second-order valence-corrected chi connectivity index (χ2v) is 11.7. The Hall–Kier alpha value is -1.88. The van der Waals surface area contributed by atoms with Gasteiger partial charge in [-0.3, -0.25) is 4.99 Å². The molecule has 0 radical (unpaired) electrons. The molecule has 0 unspecified atom stereocenters. The van der Waals surface area contributed by atoms with Gasteiger partial charge in [0.25, 0.3) is 10.9 Å². The quantitative estimate of drug-likeness (QED) is 0.479. The second-order valence-electron chi connectivity index (χ2n) is 10.5. The standard InChI is InChI=1S/C28H33Cl2N3S/c1-27(2,3)24(15-13-21-12-14-22(29)18-23(21)30)31-25-28(16-8-5-9-17-28)33(26(34)32-25)19-20-10-6-4-7-11-20/h4,6-7,10-15,18,24H,5,8-9,16-17,19H2,1-3H3,(H,31,32,34)/p+1/b15-13+/t24-/m0/s1. The Balaban J connectivity index is 1.69. The van der Waals surface area contributed by atoms with Crippen molar-refractivity contribution in [2.75, 3.05) is 0 Å². The van der Waals surface area contributed by atoms with Crippen molar-refractivity contribution >= 4 is 52.4 Å². The van der Waals surface area contributed by atoms with Crippen LogP contribution in [0.5, 0.6) is 0 Å². The van der Waals surface area contributed by atoms with E-state index in [4.69, 9.17) is 35.4 Å². The molecule has 3 nitrogen and oxygen atoms in total. The van der Waals surface area contributed by atoms with Crippen LogP contribution in [0.2, 0.25) is 10.0 Å². The average molecular weight is 516 g/mol. The third kappa shape index (κ3) is 5.50. The summed E-state index contributed by atoms with van der Waals surface area (Å²) >= 11 is 18.4. The summed E-state index contributed by atoms with van der Waals surface area (Å²) in [5, 5.41) is 5.70. The fourth-order valence-electron chi connectivity index (χ4n) is 4.98. The highest BCUT2D eigenvalue weighted by Gasteiger charge is 2.54. The largest absolute Gasteiger partial charge is 0.308 e. The molecule has 2 N–H and O–H groups in total. The van der Waals surface area contributed by atoms with Gasteiger partial charge in [0.05, 0.1) is 0 Å².